The molecule has 0 bridgehead atoms. The minimum Gasteiger partial charge on any atom is -0.359 e. The Balaban J connectivity index is 1.64. The lowest BCUT2D eigenvalue weighted by Crippen LogP contribution is -2.13. The van der Waals surface area contributed by atoms with Crippen molar-refractivity contribution in [2.75, 3.05) is 18.5 Å². The van der Waals surface area contributed by atoms with Crippen molar-refractivity contribution < 1.29 is 4.39 Å². The minimum atomic E-state index is -0.344. The van der Waals surface area contributed by atoms with Crippen molar-refractivity contribution >= 4 is 27.9 Å². The molecule has 31 heavy (non-hydrogen) atoms. The van der Waals surface area contributed by atoms with Crippen LogP contribution in [-0.4, -0.2) is 42.7 Å². The van der Waals surface area contributed by atoms with Crippen molar-refractivity contribution in [1.82, 2.24) is 29.1 Å². The molecule has 0 radical (unpaired) electrons. The predicted molar refractivity (Wildman–Crippen MR) is 118 cm³/mol. The summed E-state index contributed by atoms with van der Waals surface area (Å²) in [5.41, 5.74) is 5.89. The molecule has 0 fully saturated rings. The summed E-state index contributed by atoms with van der Waals surface area (Å²) in [4.78, 5) is 20.8. The number of rotatable bonds is 2. The van der Waals surface area contributed by atoms with Crippen LogP contribution in [0, 0.1) is 12.7 Å². The summed E-state index contributed by atoms with van der Waals surface area (Å²) in [7, 11) is 3.82. The predicted octanol–water partition coefficient (Wildman–Crippen LogP) is 3.81. The van der Waals surface area contributed by atoms with Gasteiger partial charge in [-0.05, 0) is 36.6 Å². The first kappa shape index (κ1) is 18.0. The number of hydrogen-bond acceptors (Lipinski definition) is 5. The van der Waals surface area contributed by atoms with Crippen LogP contribution in [0.5, 0.6) is 0 Å². The van der Waals surface area contributed by atoms with Gasteiger partial charge in [0.2, 0.25) is 5.95 Å². The molecule has 4 aromatic heterocycles. The Kier molecular flexibility index (Phi) is 3.68. The molecule has 0 aliphatic carbocycles. The number of hydrogen-bond donors (Lipinski definition) is 0. The van der Waals surface area contributed by atoms with Crippen molar-refractivity contribution in [1.29, 1.82) is 0 Å². The number of benzene rings is 1. The molecular weight excluding hydrogens is 393 g/mol. The van der Waals surface area contributed by atoms with Crippen molar-refractivity contribution in [2.24, 2.45) is 7.05 Å². The van der Waals surface area contributed by atoms with E-state index >= 15 is 0 Å². The first-order valence-electron chi connectivity index (χ1n) is 10.2. The van der Waals surface area contributed by atoms with E-state index in [1.165, 1.54) is 6.20 Å². The third-order valence-electron chi connectivity index (χ3n) is 6.05. The van der Waals surface area contributed by atoms with Gasteiger partial charge >= 0.3 is 0 Å². The molecule has 0 unspecified atom stereocenters. The number of halogens is 1. The number of anilines is 1. The smallest absolute Gasteiger partial charge is 0.238 e. The van der Waals surface area contributed by atoms with E-state index in [1.54, 1.807) is 24.1 Å². The van der Waals surface area contributed by atoms with Gasteiger partial charge in [0.15, 0.2) is 5.82 Å². The summed E-state index contributed by atoms with van der Waals surface area (Å²) < 4.78 is 18.5. The second-order valence-electron chi connectivity index (χ2n) is 8.09. The molecular formula is C23H20FN7. The van der Waals surface area contributed by atoms with Crippen molar-refractivity contribution in [3.8, 4) is 17.2 Å². The highest BCUT2D eigenvalue weighted by molar-refractivity contribution is 5.92. The molecule has 5 heterocycles. The SMILES string of the molecule is Cc1cccc2c1ncn2-c1nc(-c2cnc3c(c2)CCN3C)c2c(F)cn(C)c2n1. The maximum atomic E-state index is 14.9. The molecule has 1 aliphatic heterocycles. The largest absolute Gasteiger partial charge is 0.359 e. The first-order chi connectivity index (χ1) is 15.0. The molecule has 5 aromatic rings. The third-order valence-corrected chi connectivity index (χ3v) is 6.05. The minimum absolute atomic E-state index is 0.344. The number of nitrogens with zero attached hydrogens (tertiary/aromatic N) is 7. The zero-order valence-corrected chi connectivity index (χ0v) is 17.5. The molecule has 0 saturated heterocycles. The van der Waals surface area contributed by atoms with Gasteiger partial charge in [0.1, 0.15) is 17.8 Å². The Bertz CT molecular complexity index is 1500. The van der Waals surface area contributed by atoms with Crippen molar-refractivity contribution in [2.45, 2.75) is 13.3 Å². The van der Waals surface area contributed by atoms with Gasteiger partial charge in [0.05, 0.1) is 22.1 Å². The Morgan fingerprint density at radius 3 is 2.84 bits per heavy atom. The van der Waals surface area contributed by atoms with Gasteiger partial charge < -0.3 is 9.47 Å². The standard InChI is InChI=1S/C23H20FN7/c1-13-5-4-6-17-19(13)26-12-31(17)23-27-20(18-16(24)11-30(3)22(18)28-23)15-9-14-7-8-29(2)21(14)25-10-15/h4-6,9-12H,7-8H2,1-3H3. The molecule has 154 valence electrons. The summed E-state index contributed by atoms with van der Waals surface area (Å²) in [5.74, 6) is 1.08. The van der Waals surface area contributed by atoms with Gasteiger partial charge in [0.25, 0.3) is 0 Å². The molecule has 7 nitrogen and oxygen atoms in total. The van der Waals surface area contributed by atoms with E-state index in [-0.39, 0.29) is 5.82 Å². The number of para-hydroxylation sites is 1. The first-order valence-corrected chi connectivity index (χ1v) is 10.2. The summed E-state index contributed by atoms with van der Waals surface area (Å²) >= 11 is 0. The zero-order valence-electron chi connectivity index (χ0n) is 17.5. The van der Waals surface area contributed by atoms with Crippen LogP contribution < -0.4 is 4.90 Å². The molecule has 0 atom stereocenters. The highest BCUT2D eigenvalue weighted by atomic mass is 19.1. The van der Waals surface area contributed by atoms with Crippen molar-refractivity contribution in [3.63, 3.8) is 0 Å². The molecule has 1 aromatic carbocycles. The Hall–Kier alpha value is -3.81. The highest BCUT2D eigenvalue weighted by Gasteiger charge is 2.22. The second-order valence-corrected chi connectivity index (χ2v) is 8.09. The summed E-state index contributed by atoms with van der Waals surface area (Å²) in [5, 5.41) is 0.403. The molecule has 1 aliphatic rings. The number of aromatic nitrogens is 6. The zero-order chi connectivity index (χ0) is 21.3. The molecule has 0 saturated carbocycles. The highest BCUT2D eigenvalue weighted by Crippen LogP contribution is 2.34. The van der Waals surface area contributed by atoms with Gasteiger partial charge in [-0.15, -0.1) is 0 Å². The lowest BCUT2D eigenvalue weighted by molar-refractivity contribution is 0.633. The molecule has 0 N–H and O–H groups in total. The molecule has 0 spiro atoms. The normalized spacial score (nSPS) is 13.5. The van der Waals surface area contributed by atoms with Crippen LogP contribution in [-0.2, 0) is 13.5 Å². The average Bonchev–Trinajstić information content (AvgIpc) is 3.44. The third kappa shape index (κ3) is 2.57. The lowest BCUT2D eigenvalue weighted by Gasteiger charge is -2.12. The number of likely N-dealkylation sites (N-methyl/N-ethyl adjacent to an activating group) is 1. The van der Waals surface area contributed by atoms with E-state index < -0.39 is 0 Å². The molecule has 8 heteroatoms. The summed E-state index contributed by atoms with van der Waals surface area (Å²) in [6.45, 7) is 2.95. The van der Waals surface area contributed by atoms with Crippen LogP contribution in [0.1, 0.15) is 11.1 Å². The number of fused-ring (bicyclic) bond motifs is 3. The lowest BCUT2D eigenvalue weighted by atomic mass is 10.1. The van der Waals surface area contributed by atoms with E-state index in [2.05, 4.69) is 20.9 Å². The monoisotopic (exact) mass is 413 g/mol. The van der Waals surface area contributed by atoms with Gasteiger partial charge in [-0.25, -0.2) is 19.3 Å². The fourth-order valence-electron chi connectivity index (χ4n) is 4.42. The molecule has 6 rings (SSSR count). The van der Waals surface area contributed by atoms with Gasteiger partial charge in [-0.3, -0.25) is 4.57 Å². The Morgan fingerprint density at radius 2 is 1.97 bits per heavy atom. The molecule has 0 amide bonds. The summed E-state index contributed by atoms with van der Waals surface area (Å²) in [6.07, 6.45) is 5.85. The van der Waals surface area contributed by atoms with Gasteiger partial charge in [-0.1, -0.05) is 12.1 Å². The summed E-state index contributed by atoms with van der Waals surface area (Å²) in [6, 6.07) is 8.06. The Morgan fingerprint density at radius 1 is 1.10 bits per heavy atom. The van der Waals surface area contributed by atoms with Gasteiger partial charge in [0, 0.05) is 38.6 Å². The fraction of sp³-hybridized carbons (Fsp3) is 0.217. The van der Waals surface area contributed by atoms with E-state index in [1.807, 2.05) is 36.7 Å². The maximum absolute atomic E-state index is 14.9. The quantitative estimate of drug-likeness (QED) is 0.440. The second kappa shape index (κ2) is 6.34. The van der Waals surface area contributed by atoms with E-state index in [4.69, 9.17) is 9.97 Å². The van der Waals surface area contributed by atoms with Crippen LogP contribution in [0.4, 0.5) is 10.2 Å². The average molecular weight is 413 g/mol. The van der Waals surface area contributed by atoms with Gasteiger partial charge in [-0.2, -0.15) is 4.98 Å². The van der Waals surface area contributed by atoms with Crippen LogP contribution >= 0.6 is 0 Å². The van der Waals surface area contributed by atoms with E-state index in [0.717, 1.165) is 46.5 Å². The number of pyridine rings is 1. The van der Waals surface area contributed by atoms with Crippen molar-refractivity contribution in [3.05, 3.63) is 59.9 Å². The Labute approximate surface area is 177 Å². The van der Waals surface area contributed by atoms with Crippen LogP contribution in [0.3, 0.4) is 0 Å². The fourth-order valence-corrected chi connectivity index (χ4v) is 4.42. The van der Waals surface area contributed by atoms with Crippen LogP contribution in [0.2, 0.25) is 0 Å². The van der Waals surface area contributed by atoms with E-state index in [0.29, 0.717) is 22.7 Å². The topological polar surface area (TPSA) is 64.7 Å². The van der Waals surface area contributed by atoms with E-state index in [9.17, 15) is 4.39 Å². The maximum Gasteiger partial charge on any atom is 0.238 e. The number of aryl methyl sites for hydroxylation is 2. The van der Waals surface area contributed by atoms with Crippen LogP contribution in [0.15, 0.2) is 43.0 Å². The number of imidazole rings is 1. The van der Waals surface area contributed by atoms with Crippen LogP contribution in [0.25, 0.3) is 39.3 Å².